The molecule has 7 nitrogen and oxygen atoms in total. The van der Waals surface area contributed by atoms with Crippen molar-refractivity contribution >= 4 is 29.1 Å². The molecule has 37 heavy (non-hydrogen) atoms. The fourth-order valence-electron chi connectivity index (χ4n) is 4.52. The van der Waals surface area contributed by atoms with E-state index in [1.54, 1.807) is 54.4 Å². The predicted molar refractivity (Wildman–Crippen MR) is 147 cm³/mol. The summed E-state index contributed by atoms with van der Waals surface area (Å²) in [5, 5.41) is 9.01. The number of hydrogen-bond acceptors (Lipinski definition) is 4. The number of carbonyl (C=O) groups is 3. The summed E-state index contributed by atoms with van der Waals surface area (Å²) in [4.78, 5) is 39.5. The molecule has 0 aromatic heterocycles. The van der Waals surface area contributed by atoms with Gasteiger partial charge in [0.1, 0.15) is 0 Å². The summed E-state index contributed by atoms with van der Waals surface area (Å²) < 4.78 is 0. The van der Waals surface area contributed by atoms with Crippen LogP contribution in [0.25, 0.3) is 0 Å². The van der Waals surface area contributed by atoms with Crippen LogP contribution in [-0.2, 0) is 11.3 Å². The van der Waals surface area contributed by atoms with Gasteiger partial charge in [0.05, 0.1) is 6.54 Å². The van der Waals surface area contributed by atoms with Gasteiger partial charge in [-0.15, -0.1) is 0 Å². The van der Waals surface area contributed by atoms with Crippen molar-refractivity contribution in [1.29, 1.82) is 0 Å². The minimum atomic E-state index is -0.225. The molecule has 4 rings (SSSR count). The number of benzene rings is 3. The van der Waals surface area contributed by atoms with Crippen LogP contribution in [0.15, 0.2) is 78.9 Å². The number of hydrogen-bond donors (Lipinski definition) is 3. The smallest absolute Gasteiger partial charge is 0.253 e. The zero-order chi connectivity index (χ0) is 26.0. The molecule has 3 amide bonds. The summed E-state index contributed by atoms with van der Waals surface area (Å²) in [6.45, 7) is 0.558. The van der Waals surface area contributed by atoms with Crippen LogP contribution in [0.4, 0.5) is 11.4 Å². The van der Waals surface area contributed by atoms with Crippen LogP contribution < -0.4 is 16.0 Å². The molecule has 3 aromatic rings. The Hall–Kier alpha value is -4.13. The van der Waals surface area contributed by atoms with Crippen LogP contribution in [0.2, 0.25) is 0 Å². The second-order valence-corrected chi connectivity index (χ2v) is 9.52. The van der Waals surface area contributed by atoms with Gasteiger partial charge < -0.3 is 20.9 Å². The second-order valence-electron chi connectivity index (χ2n) is 9.52. The summed E-state index contributed by atoms with van der Waals surface area (Å²) in [5.41, 5.74) is 3.49. The first-order valence-electron chi connectivity index (χ1n) is 12.8. The average Bonchev–Trinajstić information content (AvgIpc) is 2.93. The highest BCUT2D eigenvalue weighted by molar-refractivity contribution is 5.97. The van der Waals surface area contributed by atoms with Crippen molar-refractivity contribution in [2.75, 3.05) is 24.2 Å². The third-order valence-electron chi connectivity index (χ3n) is 6.54. The van der Waals surface area contributed by atoms with E-state index in [9.17, 15) is 14.4 Å². The molecule has 7 heteroatoms. The second kappa shape index (κ2) is 12.7. The van der Waals surface area contributed by atoms with Crippen molar-refractivity contribution in [3.05, 3.63) is 95.6 Å². The van der Waals surface area contributed by atoms with Gasteiger partial charge in [0.25, 0.3) is 11.8 Å². The molecular weight excluding hydrogens is 464 g/mol. The molecule has 0 atom stereocenters. The van der Waals surface area contributed by atoms with Crippen molar-refractivity contribution in [2.45, 2.75) is 44.7 Å². The van der Waals surface area contributed by atoms with Gasteiger partial charge in [0.15, 0.2) is 0 Å². The third kappa shape index (κ3) is 7.67. The minimum Gasteiger partial charge on any atom is -0.376 e. The Morgan fingerprint density at radius 2 is 1.54 bits per heavy atom. The Kier molecular flexibility index (Phi) is 8.92. The quantitative estimate of drug-likeness (QED) is 0.384. The van der Waals surface area contributed by atoms with Crippen LogP contribution in [0.3, 0.4) is 0 Å². The van der Waals surface area contributed by atoms with Crippen molar-refractivity contribution in [3.8, 4) is 0 Å². The zero-order valence-corrected chi connectivity index (χ0v) is 21.2. The number of nitrogens with zero attached hydrogens (tertiary/aromatic N) is 1. The van der Waals surface area contributed by atoms with E-state index in [4.69, 9.17) is 0 Å². The number of nitrogens with one attached hydrogen (secondary N) is 3. The van der Waals surface area contributed by atoms with E-state index in [-0.39, 0.29) is 30.3 Å². The highest BCUT2D eigenvalue weighted by Crippen LogP contribution is 2.18. The molecule has 1 fully saturated rings. The minimum absolute atomic E-state index is 0.0431. The maximum atomic E-state index is 12.9. The van der Waals surface area contributed by atoms with E-state index < -0.39 is 0 Å². The number of anilines is 2. The van der Waals surface area contributed by atoms with Gasteiger partial charge in [-0.2, -0.15) is 0 Å². The molecule has 0 heterocycles. The van der Waals surface area contributed by atoms with Gasteiger partial charge in [-0.1, -0.05) is 55.7 Å². The Bertz CT molecular complexity index is 1210. The molecule has 1 aliphatic rings. The summed E-state index contributed by atoms with van der Waals surface area (Å²) in [6.07, 6.45) is 5.64. The molecule has 0 saturated heterocycles. The number of carbonyl (C=O) groups excluding carboxylic acids is 3. The van der Waals surface area contributed by atoms with Crippen LogP contribution in [0.5, 0.6) is 0 Å². The monoisotopic (exact) mass is 498 g/mol. The molecule has 1 saturated carbocycles. The first-order valence-corrected chi connectivity index (χ1v) is 12.8. The van der Waals surface area contributed by atoms with Crippen molar-refractivity contribution in [2.24, 2.45) is 0 Å². The number of amides is 3. The SMILES string of the molecule is CN(Cc1ccccc1)C(=O)c1cccc(NCC(=O)Nc2ccc(C(=O)NC3CCCCC3)cc2)c1. The van der Waals surface area contributed by atoms with Gasteiger partial charge in [-0.05, 0) is 60.9 Å². The summed E-state index contributed by atoms with van der Waals surface area (Å²) >= 11 is 0. The molecule has 3 aromatic carbocycles. The highest BCUT2D eigenvalue weighted by Gasteiger charge is 2.17. The maximum Gasteiger partial charge on any atom is 0.253 e. The highest BCUT2D eigenvalue weighted by atomic mass is 16.2. The summed E-state index contributed by atoms with van der Waals surface area (Å²) in [5.74, 6) is -0.391. The lowest BCUT2D eigenvalue weighted by Gasteiger charge is -2.22. The summed E-state index contributed by atoms with van der Waals surface area (Å²) in [7, 11) is 1.77. The Labute approximate surface area is 218 Å². The van der Waals surface area contributed by atoms with Crippen LogP contribution >= 0.6 is 0 Å². The number of rotatable bonds is 9. The van der Waals surface area contributed by atoms with Crippen molar-refractivity contribution < 1.29 is 14.4 Å². The first-order chi connectivity index (χ1) is 18.0. The van der Waals surface area contributed by atoms with Crippen molar-refractivity contribution in [1.82, 2.24) is 10.2 Å². The standard InChI is InChI=1S/C30H34N4O3/c1-34(21-22-9-4-2-5-10-22)30(37)24-11-8-14-27(19-24)31-20-28(35)32-26-17-15-23(16-18-26)29(36)33-25-12-6-3-7-13-25/h2,4-5,8-11,14-19,25,31H,3,6-7,12-13,20-21H2,1H3,(H,32,35)(H,33,36). The molecule has 192 valence electrons. The zero-order valence-electron chi connectivity index (χ0n) is 21.2. The lowest BCUT2D eigenvalue weighted by molar-refractivity contribution is -0.114. The van der Waals surface area contributed by atoms with Gasteiger partial charge >= 0.3 is 0 Å². The van der Waals surface area contributed by atoms with Gasteiger partial charge in [-0.3, -0.25) is 14.4 Å². The normalized spacial score (nSPS) is 13.4. The Morgan fingerprint density at radius 1 is 0.811 bits per heavy atom. The predicted octanol–water partition coefficient (Wildman–Crippen LogP) is 5.07. The first kappa shape index (κ1) is 25.9. The molecule has 3 N–H and O–H groups in total. The van der Waals surface area contributed by atoms with Crippen LogP contribution in [-0.4, -0.2) is 42.3 Å². The van der Waals surface area contributed by atoms with E-state index >= 15 is 0 Å². The lowest BCUT2D eigenvalue weighted by atomic mass is 9.95. The summed E-state index contributed by atoms with van der Waals surface area (Å²) in [6, 6.07) is 24.1. The van der Waals surface area contributed by atoms with Crippen LogP contribution in [0.1, 0.15) is 58.4 Å². The molecule has 0 unspecified atom stereocenters. The third-order valence-corrected chi connectivity index (χ3v) is 6.54. The Morgan fingerprint density at radius 3 is 2.27 bits per heavy atom. The molecule has 0 aliphatic heterocycles. The van der Waals surface area contributed by atoms with Gasteiger partial charge in [-0.25, -0.2) is 0 Å². The molecule has 1 aliphatic carbocycles. The molecule has 0 spiro atoms. The van der Waals surface area contributed by atoms with Crippen molar-refractivity contribution in [3.63, 3.8) is 0 Å². The molecule has 0 radical (unpaired) electrons. The van der Waals surface area contributed by atoms with Gasteiger partial charge in [0.2, 0.25) is 5.91 Å². The fourth-order valence-corrected chi connectivity index (χ4v) is 4.52. The topological polar surface area (TPSA) is 90.5 Å². The van der Waals surface area contributed by atoms with Gasteiger partial charge in [0, 0.05) is 42.1 Å². The van der Waals surface area contributed by atoms with E-state index in [1.807, 2.05) is 36.4 Å². The molecular formula is C30H34N4O3. The fraction of sp³-hybridized carbons (Fsp3) is 0.300. The van der Waals surface area contributed by atoms with Crippen LogP contribution in [0, 0.1) is 0 Å². The molecule has 0 bridgehead atoms. The van der Waals surface area contributed by atoms with E-state index in [0.29, 0.717) is 29.0 Å². The van der Waals surface area contributed by atoms with E-state index in [2.05, 4.69) is 16.0 Å². The maximum absolute atomic E-state index is 12.9. The van der Waals surface area contributed by atoms with E-state index in [0.717, 1.165) is 31.2 Å². The van der Waals surface area contributed by atoms with E-state index in [1.165, 1.54) is 6.42 Å². The average molecular weight is 499 g/mol. The lowest BCUT2D eigenvalue weighted by Crippen LogP contribution is -2.36. The Balaban J connectivity index is 1.25. The largest absolute Gasteiger partial charge is 0.376 e.